The van der Waals surface area contributed by atoms with Crippen LogP contribution in [0.4, 0.5) is 11.4 Å². The van der Waals surface area contributed by atoms with Crippen molar-refractivity contribution in [1.29, 1.82) is 0 Å². The Kier molecular flexibility index (Phi) is 6.11. The molecule has 0 spiro atoms. The van der Waals surface area contributed by atoms with Gasteiger partial charge >= 0.3 is 0 Å². The van der Waals surface area contributed by atoms with Gasteiger partial charge in [-0.3, -0.25) is 9.52 Å². The Hall–Kier alpha value is -2.38. The number of rotatable bonds is 7. The van der Waals surface area contributed by atoms with Crippen molar-refractivity contribution in [3.05, 3.63) is 54.1 Å². The smallest absolute Gasteiger partial charge is 0.261 e. The number of carbonyl (C=O) groups is 1. The molecule has 7 heteroatoms. The van der Waals surface area contributed by atoms with Crippen LogP contribution in [0.5, 0.6) is 0 Å². The number of amides is 1. The van der Waals surface area contributed by atoms with Gasteiger partial charge in [0.25, 0.3) is 10.0 Å². The zero-order valence-corrected chi connectivity index (χ0v) is 18.2. The molecular formula is C23H29N3O3S. The number of anilines is 2. The third kappa shape index (κ3) is 4.52. The molecule has 30 heavy (non-hydrogen) atoms. The van der Waals surface area contributed by atoms with Gasteiger partial charge in [0, 0.05) is 30.9 Å². The molecule has 2 aromatic rings. The standard InChI is InChI=1S/C23H29N3O3S/c1-2-14-25-16-13-19(17-25)18-5-7-20(8-6-18)24-30(28,29)22-11-9-21(10-12-22)26-15-3-4-23(26)27/h5-12,19,24H,2-4,13-17H2,1H3. The summed E-state index contributed by atoms with van der Waals surface area (Å²) >= 11 is 0. The molecule has 0 aromatic heterocycles. The zero-order chi connectivity index (χ0) is 21.1. The number of benzene rings is 2. The Morgan fingerprint density at radius 3 is 2.40 bits per heavy atom. The molecule has 1 atom stereocenters. The molecule has 1 amide bonds. The van der Waals surface area contributed by atoms with Crippen molar-refractivity contribution >= 4 is 27.3 Å². The van der Waals surface area contributed by atoms with Crippen molar-refractivity contribution in [1.82, 2.24) is 4.90 Å². The molecule has 2 aliphatic rings. The largest absolute Gasteiger partial charge is 0.312 e. The molecule has 2 aliphatic heterocycles. The first-order valence-corrected chi connectivity index (χ1v) is 12.2. The van der Waals surface area contributed by atoms with E-state index in [0.29, 0.717) is 24.6 Å². The van der Waals surface area contributed by atoms with Gasteiger partial charge in [0.2, 0.25) is 5.91 Å². The van der Waals surface area contributed by atoms with Crippen LogP contribution in [0, 0.1) is 0 Å². The average Bonchev–Trinajstić information content (AvgIpc) is 3.38. The van der Waals surface area contributed by atoms with E-state index in [4.69, 9.17) is 0 Å². The normalized spacial score (nSPS) is 20.1. The molecule has 0 radical (unpaired) electrons. The van der Waals surface area contributed by atoms with Crippen LogP contribution in [0.1, 0.15) is 44.1 Å². The molecule has 1 unspecified atom stereocenters. The van der Waals surface area contributed by atoms with E-state index < -0.39 is 10.0 Å². The Morgan fingerprint density at radius 2 is 1.77 bits per heavy atom. The molecule has 0 bridgehead atoms. The van der Waals surface area contributed by atoms with Gasteiger partial charge in [-0.25, -0.2) is 8.42 Å². The third-order valence-corrected chi connectivity index (χ3v) is 7.38. The summed E-state index contributed by atoms with van der Waals surface area (Å²) in [6.45, 7) is 6.23. The van der Waals surface area contributed by atoms with E-state index >= 15 is 0 Å². The summed E-state index contributed by atoms with van der Waals surface area (Å²) in [7, 11) is -3.68. The van der Waals surface area contributed by atoms with Crippen molar-refractivity contribution in [3.63, 3.8) is 0 Å². The SMILES string of the molecule is CCCN1CCC(c2ccc(NS(=O)(=O)c3ccc(N4CCCC4=O)cc3)cc2)C1. The Labute approximate surface area is 178 Å². The first kappa shape index (κ1) is 20.9. The highest BCUT2D eigenvalue weighted by atomic mass is 32.2. The maximum Gasteiger partial charge on any atom is 0.261 e. The van der Waals surface area contributed by atoms with Crippen LogP contribution < -0.4 is 9.62 Å². The van der Waals surface area contributed by atoms with E-state index in [2.05, 4.69) is 16.5 Å². The number of hydrogen-bond donors (Lipinski definition) is 1. The lowest BCUT2D eigenvalue weighted by Gasteiger charge is -2.16. The topological polar surface area (TPSA) is 69.7 Å². The monoisotopic (exact) mass is 427 g/mol. The summed E-state index contributed by atoms with van der Waals surface area (Å²) < 4.78 is 28.2. The number of carbonyl (C=O) groups excluding carboxylic acids is 1. The van der Waals surface area contributed by atoms with Crippen molar-refractivity contribution < 1.29 is 13.2 Å². The highest BCUT2D eigenvalue weighted by Gasteiger charge is 2.24. The number of nitrogens with one attached hydrogen (secondary N) is 1. The van der Waals surface area contributed by atoms with Crippen LogP contribution in [0.2, 0.25) is 0 Å². The molecule has 160 valence electrons. The second-order valence-electron chi connectivity index (χ2n) is 8.16. The fourth-order valence-corrected chi connectivity index (χ4v) is 5.45. The maximum atomic E-state index is 12.8. The van der Waals surface area contributed by atoms with E-state index in [-0.39, 0.29) is 10.8 Å². The predicted octanol–water partition coefficient (Wildman–Crippen LogP) is 3.81. The minimum absolute atomic E-state index is 0.0869. The van der Waals surface area contributed by atoms with Gasteiger partial charge in [-0.2, -0.15) is 0 Å². The second kappa shape index (κ2) is 8.78. The van der Waals surface area contributed by atoms with E-state index in [9.17, 15) is 13.2 Å². The van der Waals surface area contributed by atoms with Gasteiger partial charge in [-0.15, -0.1) is 0 Å². The minimum Gasteiger partial charge on any atom is -0.312 e. The Balaban J connectivity index is 1.41. The average molecular weight is 428 g/mol. The van der Waals surface area contributed by atoms with Gasteiger partial charge in [0.05, 0.1) is 4.90 Å². The molecule has 4 rings (SSSR count). The molecule has 1 N–H and O–H groups in total. The summed E-state index contributed by atoms with van der Waals surface area (Å²) in [5.74, 6) is 0.604. The quantitative estimate of drug-likeness (QED) is 0.729. The molecular weight excluding hydrogens is 398 g/mol. The lowest BCUT2D eigenvalue weighted by molar-refractivity contribution is -0.117. The van der Waals surface area contributed by atoms with Gasteiger partial charge in [0.1, 0.15) is 0 Å². The van der Waals surface area contributed by atoms with Crippen LogP contribution in [0.15, 0.2) is 53.4 Å². The van der Waals surface area contributed by atoms with Crippen molar-refractivity contribution in [2.75, 3.05) is 35.8 Å². The molecule has 2 heterocycles. The summed E-state index contributed by atoms with van der Waals surface area (Å²) in [4.78, 5) is 16.2. The van der Waals surface area contributed by atoms with E-state index in [1.165, 1.54) is 12.0 Å². The first-order chi connectivity index (χ1) is 14.5. The van der Waals surface area contributed by atoms with Gasteiger partial charge < -0.3 is 9.80 Å². The van der Waals surface area contributed by atoms with E-state index in [0.717, 1.165) is 38.2 Å². The van der Waals surface area contributed by atoms with E-state index in [1.54, 1.807) is 29.2 Å². The fraction of sp³-hybridized carbons (Fsp3) is 0.435. The first-order valence-electron chi connectivity index (χ1n) is 10.7. The third-order valence-electron chi connectivity index (χ3n) is 5.98. The molecule has 6 nitrogen and oxygen atoms in total. The molecule has 2 aromatic carbocycles. The van der Waals surface area contributed by atoms with Gasteiger partial charge in [0.15, 0.2) is 0 Å². The Bertz CT molecular complexity index is 987. The van der Waals surface area contributed by atoms with E-state index in [1.807, 2.05) is 24.3 Å². The summed E-state index contributed by atoms with van der Waals surface area (Å²) in [6.07, 6.45) is 3.71. The van der Waals surface area contributed by atoms with Gasteiger partial charge in [-0.05, 0) is 80.2 Å². The van der Waals surface area contributed by atoms with Crippen LogP contribution in [-0.4, -0.2) is 45.4 Å². The predicted molar refractivity (Wildman–Crippen MR) is 119 cm³/mol. The minimum atomic E-state index is -3.68. The van der Waals surface area contributed by atoms with Crippen LogP contribution in [-0.2, 0) is 14.8 Å². The van der Waals surface area contributed by atoms with Crippen molar-refractivity contribution in [3.8, 4) is 0 Å². The zero-order valence-electron chi connectivity index (χ0n) is 17.4. The maximum absolute atomic E-state index is 12.8. The molecule has 2 saturated heterocycles. The number of likely N-dealkylation sites (tertiary alicyclic amines) is 1. The molecule has 0 saturated carbocycles. The molecule has 0 aliphatic carbocycles. The highest BCUT2D eigenvalue weighted by molar-refractivity contribution is 7.92. The second-order valence-corrected chi connectivity index (χ2v) is 9.84. The number of nitrogens with zero attached hydrogens (tertiary/aromatic N) is 2. The lowest BCUT2D eigenvalue weighted by atomic mass is 9.98. The highest BCUT2D eigenvalue weighted by Crippen LogP contribution is 2.29. The summed E-state index contributed by atoms with van der Waals surface area (Å²) in [6, 6.07) is 14.2. The van der Waals surface area contributed by atoms with Crippen LogP contribution >= 0.6 is 0 Å². The van der Waals surface area contributed by atoms with Crippen molar-refractivity contribution in [2.24, 2.45) is 0 Å². The van der Waals surface area contributed by atoms with Gasteiger partial charge in [-0.1, -0.05) is 19.1 Å². The number of sulfonamides is 1. The summed E-state index contributed by atoms with van der Waals surface area (Å²) in [5, 5.41) is 0. The Morgan fingerprint density at radius 1 is 1.03 bits per heavy atom. The lowest BCUT2D eigenvalue weighted by Crippen LogP contribution is -2.23. The van der Waals surface area contributed by atoms with Crippen LogP contribution in [0.25, 0.3) is 0 Å². The fourth-order valence-electron chi connectivity index (χ4n) is 4.39. The van der Waals surface area contributed by atoms with Crippen LogP contribution in [0.3, 0.4) is 0 Å². The van der Waals surface area contributed by atoms with Crippen molar-refractivity contribution in [2.45, 2.75) is 43.4 Å². The molecule has 2 fully saturated rings. The number of hydrogen-bond acceptors (Lipinski definition) is 4. The summed E-state index contributed by atoms with van der Waals surface area (Å²) in [5.41, 5.74) is 2.56.